The summed E-state index contributed by atoms with van der Waals surface area (Å²) in [5, 5.41) is 8.67. The highest BCUT2D eigenvalue weighted by molar-refractivity contribution is 6.31. The summed E-state index contributed by atoms with van der Waals surface area (Å²) in [6.45, 7) is 0.831. The van der Waals surface area contributed by atoms with Gasteiger partial charge < -0.3 is 25.3 Å². The first-order chi connectivity index (χ1) is 15.5. The molecular weight excluding hydrogens is 432 g/mol. The molecule has 0 saturated carbocycles. The molecular formula is C23H21ClN4O4. The van der Waals surface area contributed by atoms with Crippen molar-refractivity contribution < 1.29 is 18.8 Å². The standard InChI is InChI=1S/C23H21ClN4O4/c24-15-5-10-19(20(13-15)28-11-1-4-21(28)29)22(30)26-16-6-8-17(9-7-16)27-23(31)25-14-18-3-2-12-32-18/h2-3,5-10,12-13H,1,4,11,14H2,(H,26,30)(H2,25,27,31). The van der Waals surface area contributed by atoms with E-state index in [1.807, 2.05) is 0 Å². The number of urea groups is 1. The Morgan fingerprint density at radius 1 is 1.03 bits per heavy atom. The summed E-state index contributed by atoms with van der Waals surface area (Å²) in [5.41, 5.74) is 1.98. The van der Waals surface area contributed by atoms with E-state index in [4.69, 9.17) is 16.0 Å². The van der Waals surface area contributed by atoms with Crippen molar-refractivity contribution in [3.63, 3.8) is 0 Å². The van der Waals surface area contributed by atoms with E-state index in [1.54, 1.807) is 59.5 Å². The van der Waals surface area contributed by atoms with Crippen molar-refractivity contribution in [2.24, 2.45) is 0 Å². The van der Waals surface area contributed by atoms with E-state index in [9.17, 15) is 14.4 Å². The summed E-state index contributed by atoms with van der Waals surface area (Å²) in [6.07, 6.45) is 2.74. The molecule has 1 aliphatic heterocycles. The van der Waals surface area contributed by atoms with Gasteiger partial charge in [-0.05, 0) is 61.0 Å². The summed E-state index contributed by atoms with van der Waals surface area (Å²) in [7, 11) is 0. The van der Waals surface area contributed by atoms with Gasteiger partial charge in [0.15, 0.2) is 0 Å². The number of furan rings is 1. The molecule has 8 nitrogen and oxygen atoms in total. The second-order valence-electron chi connectivity index (χ2n) is 7.23. The fourth-order valence-electron chi connectivity index (χ4n) is 3.41. The molecule has 3 N–H and O–H groups in total. The van der Waals surface area contributed by atoms with Crippen LogP contribution >= 0.6 is 11.6 Å². The first kappa shape index (κ1) is 21.5. The van der Waals surface area contributed by atoms with Crippen molar-refractivity contribution in [3.05, 3.63) is 77.2 Å². The molecule has 3 aromatic rings. The van der Waals surface area contributed by atoms with E-state index in [0.717, 1.165) is 6.42 Å². The van der Waals surface area contributed by atoms with Gasteiger partial charge in [0.05, 0.1) is 24.1 Å². The van der Waals surface area contributed by atoms with Crippen molar-refractivity contribution in [1.82, 2.24) is 5.32 Å². The van der Waals surface area contributed by atoms with Crippen LogP contribution in [0.25, 0.3) is 0 Å². The molecule has 0 radical (unpaired) electrons. The largest absolute Gasteiger partial charge is 0.467 e. The summed E-state index contributed by atoms with van der Waals surface area (Å²) >= 11 is 6.10. The zero-order valence-corrected chi connectivity index (χ0v) is 17.8. The molecule has 0 bridgehead atoms. The second-order valence-corrected chi connectivity index (χ2v) is 7.67. The van der Waals surface area contributed by atoms with Crippen LogP contribution in [0.3, 0.4) is 0 Å². The van der Waals surface area contributed by atoms with E-state index in [1.165, 1.54) is 6.26 Å². The number of hydrogen-bond acceptors (Lipinski definition) is 4. The van der Waals surface area contributed by atoms with Crippen LogP contribution in [0, 0.1) is 0 Å². The molecule has 0 atom stereocenters. The highest BCUT2D eigenvalue weighted by Gasteiger charge is 2.26. The Hall–Kier alpha value is -3.78. The first-order valence-corrected chi connectivity index (χ1v) is 10.5. The zero-order valence-electron chi connectivity index (χ0n) is 17.1. The number of nitrogens with zero attached hydrogens (tertiary/aromatic N) is 1. The van der Waals surface area contributed by atoms with Crippen molar-refractivity contribution in [1.29, 1.82) is 0 Å². The van der Waals surface area contributed by atoms with Crippen LogP contribution in [0.15, 0.2) is 65.3 Å². The van der Waals surface area contributed by atoms with Crippen LogP contribution in [0.1, 0.15) is 29.0 Å². The molecule has 1 saturated heterocycles. The molecule has 1 fully saturated rings. The summed E-state index contributed by atoms with van der Waals surface area (Å²) < 4.78 is 5.16. The number of carbonyl (C=O) groups is 3. The summed E-state index contributed by atoms with van der Waals surface area (Å²) in [4.78, 5) is 38.6. The normalized spacial score (nSPS) is 13.2. The molecule has 4 amide bonds. The Balaban J connectivity index is 1.39. The van der Waals surface area contributed by atoms with E-state index in [2.05, 4.69) is 16.0 Å². The average Bonchev–Trinajstić information content (AvgIpc) is 3.45. The summed E-state index contributed by atoms with van der Waals surface area (Å²) in [6, 6.07) is 14.7. The van der Waals surface area contributed by atoms with Gasteiger partial charge in [0, 0.05) is 29.4 Å². The predicted octanol–water partition coefficient (Wildman–Crippen LogP) is 4.63. The van der Waals surface area contributed by atoms with Gasteiger partial charge in [-0.1, -0.05) is 11.6 Å². The number of rotatable bonds is 6. The number of carbonyl (C=O) groups excluding carboxylic acids is 3. The number of benzene rings is 2. The lowest BCUT2D eigenvalue weighted by atomic mass is 10.1. The van der Waals surface area contributed by atoms with Crippen LogP contribution in [-0.2, 0) is 11.3 Å². The SMILES string of the molecule is O=C(NCc1ccco1)Nc1ccc(NC(=O)c2ccc(Cl)cc2N2CCCC2=O)cc1. The molecule has 4 rings (SSSR count). The van der Waals surface area contributed by atoms with Gasteiger partial charge in [-0.3, -0.25) is 9.59 Å². The van der Waals surface area contributed by atoms with Gasteiger partial charge in [0.25, 0.3) is 5.91 Å². The van der Waals surface area contributed by atoms with Crippen LogP contribution in [0.4, 0.5) is 21.9 Å². The van der Waals surface area contributed by atoms with Crippen LogP contribution in [0.5, 0.6) is 0 Å². The third-order valence-electron chi connectivity index (χ3n) is 4.97. The second kappa shape index (κ2) is 9.57. The van der Waals surface area contributed by atoms with Crippen molar-refractivity contribution in [2.45, 2.75) is 19.4 Å². The van der Waals surface area contributed by atoms with Crippen LogP contribution in [0.2, 0.25) is 5.02 Å². The quantitative estimate of drug-likeness (QED) is 0.507. The van der Waals surface area contributed by atoms with Crippen LogP contribution < -0.4 is 20.9 Å². The van der Waals surface area contributed by atoms with Crippen LogP contribution in [-0.4, -0.2) is 24.4 Å². The lowest BCUT2D eigenvalue weighted by Gasteiger charge is -2.20. The van der Waals surface area contributed by atoms with Crippen molar-refractivity contribution in [2.75, 3.05) is 22.1 Å². The Kier molecular flexibility index (Phi) is 6.42. The molecule has 1 aromatic heterocycles. The molecule has 2 heterocycles. The molecule has 164 valence electrons. The predicted molar refractivity (Wildman–Crippen MR) is 122 cm³/mol. The Morgan fingerprint density at radius 3 is 2.44 bits per heavy atom. The minimum absolute atomic E-state index is 0.0259. The molecule has 1 aliphatic rings. The van der Waals surface area contributed by atoms with Crippen molar-refractivity contribution >= 4 is 46.5 Å². The molecule has 2 aromatic carbocycles. The molecule has 0 unspecified atom stereocenters. The number of anilines is 3. The smallest absolute Gasteiger partial charge is 0.319 e. The Bertz CT molecular complexity index is 1130. The maximum atomic E-state index is 12.9. The minimum Gasteiger partial charge on any atom is -0.467 e. The molecule has 0 aliphatic carbocycles. The summed E-state index contributed by atoms with van der Waals surface area (Å²) in [5.74, 6) is 0.269. The zero-order chi connectivity index (χ0) is 22.5. The Morgan fingerprint density at radius 2 is 1.78 bits per heavy atom. The van der Waals surface area contributed by atoms with Gasteiger partial charge in [-0.2, -0.15) is 0 Å². The Labute approximate surface area is 189 Å². The van der Waals surface area contributed by atoms with E-state index in [-0.39, 0.29) is 24.4 Å². The lowest BCUT2D eigenvalue weighted by molar-refractivity contribution is -0.117. The fraction of sp³-hybridized carbons (Fsp3) is 0.174. The third kappa shape index (κ3) is 5.09. The van der Waals surface area contributed by atoms with E-state index >= 15 is 0 Å². The minimum atomic E-state index is -0.376. The highest BCUT2D eigenvalue weighted by atomic mass is 35.5. The highest BCUT2D eigenvalue weighted by Crippen LogP contribution is 2.29. The van der Waals surface area contributed by atoms with Crippen molar-refractivity contribution in [3.8, 4) is 0 Å². The van der Waals surface area contributed by atoms with E-state index < -0.39 is 0 Å². The average molecular weight is 453 g/mol. The van der Waals surface area contributed by atoms with Gasteiger partial charge >= 0.3 is 6.03 Å². The van der Waals surface area contributed by atoms with Gasteiger partial charge in [-0.15, -0.1) is 0 Å². The number of halogens is 1. The van der Waals surface area contributed by atoms with Gasteiger partial charge in [-0.25, -0.2) is 4.79 Å². The first-order valence-electron chi connectivity index (χ1n) is 10.1. The number of amides is 4. The fourth-order valence-corrected chi connectivity index (χ4v) is 3.58. The van der Waals surface area contributed by atoms with Gasteiger partial charge in [0.1, 0.15) is 5.76 Å². The molecule has 32 heavy (non-hydrogen) atoms. The third-order valence-corrected chi connectivity index (χ3v) is 5.21. The van der Waals surface area contributed by atoms with E-state index in [0.29, 0.717) is 46.4 Å². The topological polar surface area (TPSA) is 104 Å². The monoisotopic (exact) mass is 452 g/mol. The maximum absolute atomic E-state index is 12.9. The lowest BCUT2D eigenvalue weighted by Crippen LogP contribution is -2.28. The molecule has 0 spiro atoms. The maximum Gasteiger partial charge on any atom is 0.319 e. The molecule has 9 heteroatoms. The van der Waals surface area contributed by atoms with Gasteiger partial charge in [0.2, 0.25) is 5.91 Å². The number of nitrogens with one attached hydrogen (secondary N) is 3. The number of hydrogen-bond donors (Lipinski definition) is 3.